The average molecular weight is 313 g/mol. The Morgan fingerprint density at radius 2 is 2.13 bits per heavy atom. The molecule has 1 aromatic carbocycles. The van der Waals surface area contributed by atoms with Crippen LogP contribution in [0.25, 0.3) is 0 Å². The number of aryl methyl sites for hydroxylation is 1. The third-order valence-corrected chi connectivity index (χ3v) is 4.70. The van der Waals surface area contributed by atoms with Gasteiger partial charge in [-0.05, 0) is 44.7 Å². The molecule has 0 spiro atoms. The molecule has 0 aromatic heterocycles. The molecule has 1 aromatic rings. The van der Waals surface area contributed by atoms with Crippen LogP contribution in [-0.2, 0) is 4.79 Å². The van der Waals surface area contributed by atoms with Crippen molar-refractivity contribution in [2.75, 3.05) is 13.2 Å². The molecule has 0 bridgehead atoms. The normalized spacial score (nSPS) is 27.0. The monoisotopic (exact) mass is 313 g/mol. The topological polar surface area (TPSA) is 65.4 Å². The molecule has 0 unspecified atom stereocenters. The second kappa shape index (κ2) is 7.01. The summed E-state index contributed by atoms with van der Waals surface area (Å²) in [4.78, 5) is 14.3. The summed E-state index contributed by atoms with van der Waals surface area (Å²) in [6.45, 7) is 3.32. The number of carbonyl (C=O) groups is 1. The Bertz CT molecular complexity index is 593. The Balaban J connectivity index is 1.49. The minimum absolute atomic E-state index is 0.0758. The minimum Gasteiger partial charge on any atom is -0.492 e. The lowest BCUT2D eigenvalue weighted by Gasteiger charge is -2.24. The van der Waals surface area contributed by atoms with Crippen molar-refractivity contribution >= 4 is 5.91 Å². The second-order valence-electron chi connectivity index (χ2n) is 6.44. The molecule has 0 saturated carbocycles. The molecule has 2 aliphatic rings. The molecule has 2 fully saturated rings. The largest absolute Gasteiger partial charge is 0.492 e. The van der Waals surface area contributed by atoms with Gasteiger partial charge in [0.2, 0.25) is 5.91 Å². The van der Waals surface area contributed by atoms with Gasteiger partial charge in [0.05, 0.1) is 12.1 Å². The van der Waals surface area contributed by atoms with Gasteiger partial charge in [-0.3, -0.25) is 10.1 Å². The Labute approximate surface area is 137 Å². The lowest BCUT2D eigenvalue weighted by atomic mass is 10.1. The summed E-state index contributed by atoms with van der Waals surface area (Å²) in [5, 5.41) is 12.5. The zero-order valence-electron chi connectivity index (χ0n) is 13.5. The molecule has 2 heterocycles. The fraction of sp³-hybridized carbons (Fsp3) is 0.556. The highest BCUT2D eigenvalue weighted by molar-refractivity contribution is 5.83. The molecular weight excluding hydrogens is 290 g/mol. The van der Waals surface area contributed by atoms with Gasteiger partial charge in [-0.1, -0.05) is 17.7 Å². The third kappa shape index (κ3) is 3.65. The Morgan fingerprint density at radius 3 is 2.87 bits per heavy atom. The second-order valence-corrected chi connectivity index (χ2v) is 6.44. The molecule has 0 aliphatic carbocycles. The van der Waals surface area contributed by atoms with Crippen LogP contribution in [0.4, 0.5) is 0 Å². The van der Waals surface area contributed by atoms with Crippen molar-refractivity contribution in [3.05, 3.63) is 29.8 Å². The molecule has 5 heteroatoms. The summed E-state index contributed by atoms with van der Waals surface area (Å²) in [7, 11) is 0. The van der Waals surface area contributed by atoms with Crippen LogP contribution in [0.3, 0.4) is 0 Å². The number of nitrogens with one attached hydrogen (secondary N) is 1. The highest BCUT2D eigenvalue weighted by Crippen LogP contribution is 2.22. The first-order valence-corrected chi connectivity index (χ1v) is 8.33. The molecule has 23 heavy (non-hydrogen) atoms. The van der Waals surface area contributed by atoms with Crippen molar-refractivity contribution in [3.63, 3.8) is 0 Å². The summed E-state index contributed by atoms with van der Waals surface area (Å²) in [6, 6.07) is 10.00. The predicted octanol–water partition coefficient (Wildman–Crippen LogP) is 2.01. The van der Waals surface area contributed by atoms with E-state index in [1.807, 2.05) is 31.2 Å². The molecule has 2 aliphatic heterocycles. The van der Waals surface area contributed by atoms with Gasteiger partial charge in [0.1, 0.15) is 18.4 Å². The number of nitrogens with zero attached hydrogens (tertiary/aromatic N) is 2. The maximum Gasteiger partial charge on any atom is 0.240 e. The fourth-order valence-corrected chi connectivity index (χ4v) is 3.34. The minimum atomic E-state index is -0.243. The fourth-order valence-electron chi connectivity index (χ4n) is 3.34. The Kier molecular flexibility index (Phi) is 4.82. The van der Waals surface area contributed by atoms with Gasteiger partial charge < -0.3 is 9.64 Å². The predicted molar refractivity (Wildman–Crippen MR) is 87.0 cm³/mol. The zero-order chi connectivity index (χ0) is 16.2. The van der Waals surface area contributed by atoms with Crippen LogP contribution in [0.15, 0.2) is 24.3 Å². The summed E-state index contributed by atoms with van der Waals surface area (Å²) in [5.74, 6) is 0.933. The highest BCUT2D eigenvalue weighted by Gasteiger charge is 2.36. The third-order valence-electron chi connectivity index (χ3n) is 4.70. The molecular formula is C18H23N3O2. The number of likely N-dealkylation sites (tertiary alicyclic amines) is 1. The summed E-state index contributed by atoms with van der Waals surface area (Å²) in [5.41, 5.74) is 1.21. The molecule has 122 valence electrons. The number of nitriles is 1. The van der Waals surface area contributed by atoms with Gasteiger partial charge in [-0.2, -0.15) is 5.26 Å². The highest BCUT2D eigenvalue weighted by atomic mass is 16.5. The quantitative estimate of drug-likeness (QED) is 0.923. The first-order chi connectivity index (χ1) is 11.2. The van der Waals surface area contributed by atoms with E-state index in [0.29, 0.717) is 13.2 Å². The van der Waals surface area contributed by atoms with Crippen LogP contribution >= 0.6 is 0 Å². The van der Waals surface area contributed by atoms with E-state index < -0.39 is 0 Å². The van der Waals surface area contributed by atoms with Gasteiger partial charge in [0, 0.05) is 12.6 Å². The summed E-state index contributed by atoms with van der Waals surface area (Å²) in [6.07, 6.45) is 3.47. The summed E-state index contributed by atoms with van der Waals surface area (Å²) >= 11 is 0. The molecule has 1 N–H and O–H groups in total. The molecule has 1 amide bonds. The van der Waals surface area contributed by atoms with E-state index in [1.54, 1.807) is 4.90 Å². The van der Waals surface area contributed by atoms with Gasteiger partial charge in [-0.15, -0.1) is 0 Å². The zero-order valence-corrected chi connectivity index (χ0v) is 13.5. The van der Waals surface area contributed by atoms with Crippen molar-refractivity contribution in [2.45, 2.75) is 50.7 Å². The molecule has 3 atom stereocenters. The molecule has 0 radical (unpaired) electrons. The van der Waals surface area contributed by atoms with Crippen molar-refractivity contribution < 1.29 is 9.53 Å². The maximum absolute atomic E-state index is 12.5. The van der Waals surface area contributed by atoms with Crippen LogP contribution in [0, 0.1) is 18.3 Å². The van der Waals surface area contributed by atoms with Gasteiger partial charge in [0.15, 0.2) is 0 Å². The maximum atomic E-state index is 12.5. The van der Waals surface area contributed by atoms with Crippen LogP contribution in [0.1, 0.15) is 31.2 Å². The van der Waals surface area contributed by atoms with Crippen LogP contribution in [0.2, 0.25) is 0 Å². The van der Waals surface area contributed by atoms with E-state index in [9.17, 15) is 4.79 Å². The molecule has 5 nitrogen and oxygen atoms in total. The first kappa shape index (κ1) is 15.8. The SMILES string of the molecule is Cc1ccc(OC[C@H]2CC[C@@H](C(=O)N3CCC[C@H]3C#N)N2)cc1. The number of ether oxygens (including phenoxy) is 1. The first-order valence-electron chi connectivity index (χ1n) is 8.33. The van der Waals surface area contributed by atoms with Gasteiger partial charge >= 0.3 is 0 Å². The lowest BCUT2D eigenvalue weighted by molar-refractivity contribution is -0.133. The van der Waals surface area contributed by atoms with Crippen molar-refractivity contribution in [1.82, 2.24) is 10.2 Å². The van der Waals surface area contributed by atoms with E-state index in [4.69, 9.17) is 10.00 Å². The van der Waals surface area contributed by atoms with Crippen molar-refractivity contribution in [2.24, 2.45) is 0 Å². The Morgan fingerprint density at radius 1 is 1.35 bits per heavy atom. The van der Waals surface area contributed by atoms with Gasteiger partial charge in [0.25, 0.3) is 0 Å². The van der Waals surface area contributed by atoms with Gasteiger partial charge in [-0.25, -0.2) is 0 Å². The number of benzene rings is 1. The molecule has 3 rings (SSSR count). The van der Waals surface area contributed by atoms with Crippen LogP contribution < -0.4 is 10.1 Å². The van der Waals surface area contributed by atoms with E-state index in [-0.39, 0.29) is 24.0 Å². The lowest BCUT2D eigenvalue weighted by Crippen LogP contribution is -2.47. The van der Waals surface area contributed by atoms with E-state index in [0.717, 1.165) is 31.4 Å². The van der Waals surface area contributed by atoms with Crippen molar-refractivity contribution in [3.8, 4) is 11.8 Å². The van der Waals surface area contributed by atoms with Crippen LogP contribution in [-0.4, -0.2) is 42.1 Å². The number of carbonyl (C=O) groups excluding carboxylic acids is 1. The standard InChI is InChI=1S/C18H23N3O2/c1-13-4-7-16(8-5-13)23-12-14-6-9-17(20-14)18(22)21-10-2-3-15(21)11-19/h4-5,7-8,14-15,17,20H,2-3,6,9-10,12H2,1H3/t14-,15+,17+/m1/s1. The molecule has 2 saturated heterocycles. The number of hydrogen-bond acceptors (Lipinski definition) is 4. The number of amides is 1. The summed E-state index contributed by atoms with van der Waals surface area (Å²) < 4.78 is 5.80. The van der Waals surface area contributed by atoms with E-state index in [2.05, 4.69) is 11.4 Å². The van der Waals surface area contributed by atoms with Crippen molar-refractivity contribution in [1.29, 1.82) is 5.26 Å². The van der Waals surface area contributed by atoms with E-state index in [1.165, 1.54) is 5.56 Å². The Hall–Kier alpha value is -2.06. The van der Waals surface area contributed by atoms with Crippen LogP contribution in [0.5, 0.6) is 5.75 Å². The van der Waals surface area contributed by atoms with E-state index >= 15 is 0 Å². The smallest absolute Gasteiger partial charge is 0.240 e. The average Bonchev–Trinajstić information content (AvgIpc) is 3.23. The number of rotatable bonds is 4. The number of hydrogen-bond donors (Lipinski definition) is 1.